The minimum atomic E-state index is 0.161. The molecule has 5 heteroatoms. The molecule has 1 aliphatic heterocycles. The average Bonchev–Trinajstić information content (AvgIpc) is 2.54. The first-order valence-corrected chi connectivity index (χ1v) is 8.39. The third-order valence-electron chi connectivity index (χ3n) is 4.42. The molecule has 0 aromatic heterocycles. The molecule has 0 bridgehead atoms. The summed E-state index contributed by atoms with van der Waals surface area (Å²) in [7, 11) is 3.34. The third-order valence-corrected chi connectivity index (χ3v) is 4.42. The van der Waals surface area contributed by atoms with Gasteiger partial charge in [0.2, 0.25) is 5.91 Å². The smallest absolute Gasteiger partial charge is 0.223 e. The zero-order valence-corrected chi connectivity index (χ0v) is 14.6. The number of likely N-dealkylation sites (tertiary alicyclic amines) is 1. The highest BCUT2D eigenvalue weighted by atomic mass is 16.5. The lowest BCUT2D eigenvalue weighted by Crippen LogP contribution is -3.11. The van der Waals surface area contributed by atoms with Crippen molar-refractivity contribution in [3.8, 4) is 11.5 Å². The monoisotopic (exact) mass is 321 g/mol. The number of hydrogen-bond donors (Lipinski definition) is 2. The average molecular weight is 321 g/mol. The molecule has 1 aromatic rings. The Morgan fingerprint density at radius 1 is 1.26 bits per heavy atom. The van der Waals surface area contributed by atoms with E-state index >= 15 is 0 Å². The van der Waals surface area contributed by atoms with E-state index in [0.29, 0.717) is 0 Å². The number of quaternary nitrogens is 1. The Labute approximate surface area is 139 Å². The molecule has 1 aromatic carbocycles. The molecular formula is C18H29N2O3+. The van der Waals surface area contributed by atoms with Gasteiger partial charge in [-0.3, -0.25) is 4.79 Å². The topological polar surface area (TPSA) is 52.0 Å². The zero-order chi connectivity index (χ0) is 16.8. The second-order valence-corrected chi connectivity index (χ2v) is 6.52. The van der Waals surface area contributed by atoms with Crippen molar-refractivity contribution in [2.75, 3.05) is 27.3 Å². The van der Waals surface area contributed by atoms with Crippen LogP contribution in [0.25, 0.3) is 0 Å². The van der Waals surface area contributed by atoms with Gasteiger partial charge in [0.15, 0.2) is 11.5 Å². The number of benzene rings is 1. The minimum Gasteiger partial charge on any atom is -0.493 e. The molecule has 1 heterocycles. The van der Waals surface area contributed by atoms with Gasteiger partial charge in [-0.05, 0) is 26.0 Å². The Morgan fingerprint density at radius 3 is 2.52 bits per heavy atom. The van der Waals surface area contributed by atoms with Crippen LogP contribution in [0.4, 0.5) is 0 Å². The Hall–Kier alpha value is -1.75. The van der Waals surface area contributed by atoms with Crippen molar-refractivity contribution in [1.82, 2.24) is 5.32 Å². The SMILES string of the molecule is COc1cccc(C[NH+]2CCC(C(=O)NC(C)C)CC2)c1OC. The Kier molecular flexibility index (Phi) is 6.28. The molecule has 0 unspecified atom stereocenters. The fourth-order valence-corrected chi connectivity index (χ4v) is 3.23. The van der Waals surface area contributed by atoms with Crippen LogP contribution in [0, 0.1) is 5.92 Å². The fourth-order valence-electron chi connectivity index (χ4n) is 3.23. The number of piperidine rings is 1. The van der Waals surface area contributed by atoms with Crippen molar-refractivity contribution in [3.63, 3.8) is 0 Å². The molecule has 23 heavy (non-hydrogen) atoms. The van der Waals surface area contributed by atoms with Crippen molar-refractivity contribution >= 4 is 5.91 Å². The maximum Gasteiger partial charge on any atom is 0.223 e. The van der Waals surface area contributed by atoms with Gasteiger partial charge in [0.25, 0.3) is 0 Å². The van der Waals surface area contributed by atoms with E-state index in [0.717, 1.165) is 49.5 Å². The van der Waals surface area contributed by atoms with E-state index in [2.05, 4.69) is 11.4 Å². The lowest BCUT2D eigenvalue weighted by Gasteiger charge is -2.29. The number of amides is 1. The number of para-hydroxylation sites is 1. The molecule has 2 rings (SSSR count). The number of rotatable bonds is 6. The normalized spacial score (nSPS) is 21.1. The van der Waals surface area contributed by atoms with E-state index in [1.54, 1.807) is 14.2 Å². The molecule has 1 fully saturated rings. The molecular weight excluding hydrogens is 292 g/mol. The summed E-state index contributed by atoms with van der Waals surface area (Å²) in [6.45, 7) is 6.94. The van der Waals surface area contributed by atoms with Gasteiger partial charge in [-0.2, -0.15) is 0 Å². The van der Waals surface area contributed by atoms with Gasteiger partial charge < -0.3 is 19.7 Å². The van der Waals surface area contributed by atoms with Gasteiger partial charge in [0, 0.05) is 24.8 Å². The number of nitrogens with one attached hydrogen (secondary N) is 2. The highest BCUT2D eigenvalue weighted by Gasteiger charge is 2.28. The summed E-state index contributed by atoms with van der Waals surface area (Å²) in [4.78, 5) is 13.6. The van der Waals surface area contributed by atoms with Gasteiger partial charge >= 0.3 is 0 Å². The van der Waals surface area contributed by atoms with E-state index in [9.17, 15) is 4.79 Å². The van der Waals surface area contributed by atoms with E-state index in [4.69, 9.17) is 9.47 Å². The van der Waals surface area contributed by atoms with Crippen molar-refractivity contribution in [3.05, 3.63) is 23.8 Å². The number of hydrogen-bond acceptors (Lipinski definition) is 3. The minimum absolute atomic E-state index is 0.161. The Bertz CT molecular complexity index is 523. The maximum absolute atomic E-state index is 12.1. The van der Waals surface area contributed by atoms with Crippen LogP contribution < -0.4 is 19.7 Å². The summed E-state index contributed by atoms with van der Waals surface area (Å²) < 4.78 is 10.9. The highest BCUT2D eigenvalue weighted by Crippen LogP contribution is 2.30. The van der Waals surface area contributed by atoms with Gasteiger partial charge in [-0.15, -0.1) is 0 Å². The van der Waals surface area contributed by atoms with Crippen LogP contribution in [-0.2, 0) is 11.3 Å². The summed E-state index contributed by atoms with van der Waals surface area (Å²) in [5, 5.41) is 3.03. The third kappa shape index (κ3) is 4.61. The van der Waals surface area contributed by atoms with Crippen LogP contribution in [-0.4, -0.2) is 39.3 Å². The van der Waals surface area contributed by atoms with Gasteiger partial charge in [0.1, 0.15) is 6.54 Å². The van der Waals surface area contributed by atoms with Crippen molar-refractivity contribution in [2.45, 2.75) is 39.3 Å². The highest BCUT2D eigenvalue weighted by molar-refractivity contribution is 5.78. The molecule has 0 radical (unpaired) electrons. The first-order valence-electron chi connectivity index (χ1n) is 8.39. The van der Waals surface area contributed by atoms with Crippen molar-refractivity contribution in [1.29, 1.82) is 0 Å². The molecule has 1 saturated heterocycles. The lowest BCUT2D eigenvalue weighted by atomic mass is 9.95. The van der Waals surface area contributed by atoms with E-state index in [-0.39, 0.29) is 17.9 Å². The first kappa shape index (κ1) is 17.6. The second-order valence-electron chi connectivity index (χ2n) is 6.52. The molecule has 5 nitrogen and oxygen atoms in total. The van der Waals surface area contributed by atoms with E-state index in [1.807, 2.05) is 26.0 Å². The summed E-state index contributed by atoms with van der Waals surface area (Å²) in [6.07, 6.45) is 1.89. The lowest BCUT2D eigenvalue weighted by molar-refractivity contribution is -0.919. The summed E-state index contributed by atoms with van der Waals surface area (Å²) in [6, 6.07) is 6.22. The predicted octanol–water partition coefficient (Wildman–Crippen LogP) is 1.02. The molecule has 1 aliphatic rings. The van der Waals surface area contributed by atoms with Crippen LogP contribution in [0.1, 0.15) is 32.3 Å². The van der Waals surface area contributed by atoms with E-state index < -0.39 is 0 Å². The summed E-state index contributed by atoms with van der Waals surface area (Å²) in [5.74, 6) is 1.96. The van der Waals surface area contributed by atoms with Crippen molar-refractivity contribution in [2.24, 2.45) is 5.92 Å². The molecule has 0 aliphatic carbocycles. The van der Waals surface area contributed by atoms with Gasteiger partial charge in [0.05, 0.1) is 32.9 Å². The first-order chi connectivity index (χ1) is 11.0. The number of ether oxygens (including phenoxy) is 2. The number of carbonyl (C=O) groups excluding carboxylic acids is 1. The Morgan fingerprint density at radius 2 is 1.96 bits per heavy atom. The van der Waals surface area contributed by atoms with Crippen molar-refractivity contribution < 1.29 is 19.2 Å². The molecule has 1 amide bonds. The van der Waals surface area contributed by atoms with Crippen LogP contribution >= 0.6 is 0 Å². The van der Waals surface area contributed by atoms with Crippen LogP contribution in [0.5, 0.6) is 11.5 Å². The van der Waals surface area contributed by atoms with Crippen LogP contribution in [0.15, 0.2) is 18.2 Å². The fraction of sp³-hybridized carbons (Fsp3) is 0.611. The van der Waals surface area contributed by atoms with E-state index in [1.165, 1.54) is 4.90 Å². The molecule has 0 spiro atoms. The molecule has 0 atom stereocenters. The maximum atomic E-state index is 12.1. The number of carbonyl (C=O) groups is 1. The van der Waals surface area contributed by atoms with Crippen LogP contribution in [0.2, 0.25) is 0 Å². The zero-order valence-electron chi connectivity index (χ0n) is 14.6. The summed E-state index contributed by atoms with van der Waals surface area (Å²) >= 11 is 0. The standard InChI is InChI=1S/C18H28N2O3/c1-13(2)19-18(21)14-8-10-20(11-9-14)12-15-6-5-7-16(22-3)17(15)23-4/h5-7,13-14H,8-12H2,1-4H3,(H,19,21)/p+1. The number of methoxy groups -OCH3 is 2. The largest absolute Gasteiger partial charge is 0.493 e. The Balaban J connectivity index is 1.93. The second kappa shape index (κ2) is 8.20. The summed E-state index contributed by atoms with van der Waals surface area (Å²) in [5.41, 5.74) is 1.16. The van der Waals surface area contributed by atoms with Gasteiger partial charge in [-0.1, -0.05) is 6.07 Å². The predicted molar refractivity (Wildman–Crippen MR) is 89.9 cm³/mol. The quantitative estimate of drug-likeness (QED) is 0.823. The van der Waals surface area contributed by atoms with Gasteiger partial charge in [-0.25, -0.2) is 0 Å². The molecule has 128 valence electrons. The van der Waals surface area contributed by atoms with Crippen LogP contribution in [0.3, 0.4) is 0 Å². The molecule has 0 saturated carbocycles. The molecule has 2 N–H and O–H groups in total.